The Balaban J connectivity index is 1.61. The lowest BCUT2D eigenvalue weighted by molar-refractivity contribution is 0.458. The molecule has 0 amide bonds. The molecule has 30 heavy (non-hydrogen) atoms. The first-order chi connectivity index (χ1) is 14.6. The monoisotopic (exact) mass is 415 g/mol. The van der Waals surface area contributed by atoms with Gasteiger partial charge in [0.25, 0.3) is 0 Å². The quantitative estimate of drug-likeness (QED) is 0.448. The predicted molar refractivity (Wildman–Crippen MR) is 112 cm³/mol. The number of nitrogens with one attached hydrogen (secondary N) is 1. The number of ether oxygens (including phenoxy) is 1. The van der Waals surface area contributed by atoms with Crippen LogP contribution in [0.1, 0.15) is 16.7 Å². The van der Waals surface area contributed by atoms with Crippen LogP contribution in [0.5, 0.6) is 11.6 Å². The smallest absolute Gasteiger partial charge is 0.230 e. The number of benzene rings is 2. The average molecular weight is 416 g/mol. The molecule has 4 rings (SSSR count). The second-order valence-corrected chi connectivity index (χ2v) is 6.83. The molecule has 0 radical (unpaired) electrons. The minimum Gasteiger partial charge on any atom is -0.464 e. The molecule has 0 unspecified atom stereocenters. The van der Waals surface area contributed by atoms with E-state index in [1.54, 1.807) is 48.9 Å². The minimum absolute atomic E-state index is 0.235. The Hall–Kier alpha value is -4.07. The van der Waals surface area contributed by atoms with E-state index >= 15 is 0 Å². The molecule has 0 saturated carbocycles. The van der Waals surface area contributed by atoms with Crippen LogP contribution < -0.4 is 10.1 Å². The van der Waals surface area contributed by atoms with Crippen LogP contribution in [0.15, 0.2) is 53.3 Å². The van der Waals surface area contributed by atoms with Crippen LogP contribution in [0.25, 0.3) is 11.0 Å². The Morgan fingerprint density at radius 2 is 2.00 bits per heavy atom. The molecule has 146 valence electrons. The average Bonchev–Trinajstić information content (AvgIpc) is 3.15. The number of nitrogens with zero attached hydrogens (tertiary/aromatic N) is 4. The van der Waals surface area contributed by atoms with Crippen molar-refractivity contribution in [1.29, 1.82) is 10.5 Å². The van der Waals surface area contributed by atoms with Crippen molar-refractivity contribution in [2.45, 2.75) is 13.3 Å². The Bertz CT molecular complexity index is 1320. The number of aromatic nitrogens is 2. The van der Waals surface area contributed by atoms with Crippen LogP contribution in [0.3, 0.4) is 0 Å². The SMILES string of the molecule is Cc1c(Oc2ccnc(Nc3ccc(C#N)cc3)n2)c(Cl)cc2c(CC#N)coc12. The molecule has 1 N–H and O–H groups in total. The van der Waals surface area contributed by atoms with Crippen LogP contribution in [-0.4, -0.2) is 9.97 Å². The molecule has 0 aliphatic heterocycles. The molecule has 8 heteroatoms. The van der Waals surface area contributed by atoms with E-state index in [-0.39, 0.29) is 6.42 Å². The number of anilines is 2. The summed E-state index contributed by atoms with van der Waals surface area (Å²) in [5.41, 5.74) is 3.41. The summed E-state index contributed by atoms with van der Waals surface area (Å²) in [6, 6.07) is 14.5. The van der Waals surface area contributed by atoms with Gasteiger partial charge < -0.3 is 14.5 Å². The van der Waals surface area contributed by atoms with E-state index < -0.39 is 0 Å². The number of furan rings is 1. The molecular formula is C22H14ClN5O2. The van der Waals surface area contributed by atoms with E-state index in [4.69, 9.17) is 31.3 Å². The highest BCUT2D eigenvalue weighted by atomic mass is 35.5. The second kappa shape index (κ2) is 8.12. The number of nitriles is 2. The molecular weight excluding hydrogens is 402 g/mol. The summed E-state index contributed by atoms with van der Waals surface area (Å²) >= 11 is 6.45. The zero-order chi connectivity index (χ0) is 21.1. The molecule has 0 aliphatic carbocycles. The van der Waals surface area contributed by atoms with Gasteiger partial charge in [-0.1, -0.05) is 11.6 Å². The van der Waals surface area contributed by atoms with E-state index in [1.165, 1.54) is 0 Å². The molecule has 0 bridgehead atoms. The van der Waals surface area contributed by atoms with Gasteiger partial charge in [-0.15, -0.1) is 0 Å². The van der Waals surface area contributed by atoms with Crippen molar-refractivity contribution in [3.8, 4) is 23.8 Å². The number of fused-ring (bicyclic) bond motifs is 1. The summed E-state index contributed by atoms with van der Waals surface area (Å²) in [7, 11) is 0. The van der Waals surface area contributed by atoms with Crippen molar-refractivity contribution >= 4 is 34.2 Å². The fourth-order valence-electron chi connectivity index (χ4n) is 2.99. The summed E-state index contributed by atoms with van der Waals surface area (Å²) in [6.45, 7) is 1.83. The van der Waals surface area contributed by atoms with Crippen LogP contribution in [-0.2, 0) is 6.42 Å². The van der Waals surface area contributed by atoms with Crippen molar-refractivity contribution in [1.82, 2.24) is 9.97 Å². The zero-order valence-corrected chi connectivity index (χ0v) is 16.6. The second-order valence-electron chi connectivity index (χ2n) is 6.42. The maximum atomic E-state index is 8.96. The first-order valence-corrected chi connectivity index (χ1v) is 9.31. The first kappa shape index (κ1) is 19.3. The Kier molecular flexibility index (Phi) is 5.21. The van der Waals surface area contributed by atoms with E-state index in [1.807, 2.05) is 6.92 Å². The highest BCUT2D eigenvalue weighted by Crippen LogP contribution is 2.39. The van der Waals surface area contributed by atoms with Gasteiger partial charge in [0, 0.05) is 34.5 Å². The summed E-state index contributed by atoms with van der Waals surface area (Å²) in [6.07, 6.45) is 3.36. The maximum Gasteiger partial charge on any atom is 0.230 e. The number of aryl methyl sites for hydroxylation is 1. The highest BCUT2D eigenvalue weighted by molar-refractivity contribution is 6.33. The van der Waals surface area contributed by atoms with Crippen molar-refractivity contribution < 1.29 is 9.15 Å². The van der Waals surface area contributed by atoms with Gasteiger partial charge in [-0.25, -0.2) is 4.98 Å². The van der Waals surface area contributed by atoms with E-state index in [0.717, 1.165) is 16.6 Å². The van der Waals surface area contributed by atoms with E-state index in [9.17, 15) is 0 Å². The standard InChI is InChI=1S/C22H14ClN5O2/c1-13-20-17(15(6-8-24)12-29-20)10-18(23)21(13)30-19-7-9-26-22(28-19)27-16-4-2-14(11-25)3-5-16/h2-5,7,9-10,12H,6H2,1H3,(H,26,27,28). The zero-order valence-electron chi connectivity index (χ0n) is 15.8. The number of rotatable bonds is 5. The first-order valence-electron chi connectivity index (χ1n) is 8.93. The van der Waals surface area contributed by atoms with Gasteiger partial charge in [-0.3, -0.25) is 0 Å². The summed E-state index contributed by atoms with van der Waals surface area (Å²) in [5, 5.41) is 22.1. The van der Waals surface area contributed by atoms with Crippen LogP contribution in [0.2, 0.25) is 5.02 Å². The Morgan fingerprint density at radius 3 is 2.73 bits per heavy atom. The van der Waals surface area contributed by atoms with Gasteiger partial charge in [0.2, 0.25) is 11.8 Å². The van der Waals surface area contributed by atoms with Gasteiger partial charge in [-0.2, -0.15) is 15.5 Å². The third kappa shape index (κ3) is 3.75. The summed E-state index contributed by atoms with van der Waals surface area (Å²) in [4.78, 5) is 8.55. The van der Waals surface area contributed by atoms with Crippen molar-refractivity contribution in [3.05, 3.63) is 70.6 Å². The largest absolute Gasteiger partial charge is 0.464 e. The Morgan fingerprint density at radius 1 is 1.20 bits per heavy atom. The lowest BCUT2D eigenvalue weighted by atomic mass is 10.1. The van der Waals surface area contributed by atoms with Crippen LogP contribution >= 0.6 is 11.6 Å². The third-order valence-corrected chi connectivity index (χ3v) is 4.74. The third-order valence-electron chi connectivity index (χ3n) is 4.46. The molecule has 2 heterocycles. The molecule has 7 nitrogen and oxygen atoms in total. The highest BCUT2D eigenvalue weighted by Gasteiger charge is 2.17. The molecule has 4 aromatic rings. The van der Waals surface area contributed by atoms with Gasteiger partial charge in [0.15, 0.2) is 5.75 Å². The van der Waals surface area contributed by atoms with Crippen LogP contribution in [0.4, 0.5) is 11.6 Å². The van der Waals surface area contributed by atoms with E-state index in [0.29, 0.717) is 39.3 Å². The number of halogens is 1. The molecule has 2 aromatic carbocycles. The van der Waals surface area contributed by atoms with E-state index in [2.05, 4.69) is 27.4 Å². The molecule has 0 aliphatic rings. The molecule has 0 atom stereocenters. The van der Waals surface area contributed by atoms with Gasteiger partial charge in [-0.05, 0) is 37.3 Å². The van der Waals surface area contributed by atoms with Crippen LogP contribution in [0, 0.1) is 29.6 Å². The minimum atomic E-state index is 0.235. The van der Waals surface area contributed by atoms with Gasteiger partial charge in [0.05, 0.1) is 35.4 Å². The van der Waals surface area contributed by atoms with Gasteiger partial charge >= 0.3 is 0 Å². The Labute approximate surface area is 177 Å². The maximum absolute atomic E-state index is 8.96. The van der Waals surface area contributed by atoms with Crippen molar-refractivity contribution in [3.63, 3.8) is 0 Å². The molecule has 0 fully saturated rings. The normalized spacial score (nSPS) is 10.4. The molecule has 2 aromatic heterocycles. The fraction of sp³-hybridized carbons (Fsp3) is 0.0909. The van der Waals surface area contributed by atoms with Crippen molar-refractivity contribution in [2.24, 2.45) is 0 Å². The predicted octanol–water partition coefficient (Wildman–Crippen LogP) is 5.66. The lowest BCUT2D eigenvalue weighted by Gasteiger charge is -2.11. The van der Waals surface area contributed by atoms with Crippen molar-refractivity contribution in [2.75, 3.05) is 5.32 Å². The molecule has 0 spiro atoms. The molecule has 0 saturated heterocycles. The summed E-state index contributed by atoms with van der Waals surface area (Å²) < 4.78 is 11.6. The number of hydrogen-bond donors (Lipinski definition) is 1. The number of hydrogen-bond acceptors (Lipinski definition) is 7. The van der Waals surface area contributed by atoms with Gasteiger partial charge in [0.1, 0.15) is 5.58 Å². The summed E-state index contributed by atoms with van der Waals surface area (Å²) in [5.74, 6) is 1.06. The topological polar surface area (TPSA) is 108 Å². The fourth-order valence-corrected chi connectivity index (χ4v) is 3.28. The lowest BCUT2D eigenvalue weighted by Crippen LogP contribution is -1.99.